The number of carboxylic acids is 1. The zero-order chi connectivity index (χ0) is 13.0. The Kier molecular flexibility index (Phi) is 2.21. The molecule has 5 aliphatic carbocycles. The van der Waals surface area contributed by atoms with Gasteiger partial charge in [-0.2, -0.15) is 0 Å². The lowest BCUT2D eigenvalue weighted by Gasteiger charge is -2.41. The predicted molar refractivity (Wildman–Crippen MR) is 69.0 cm³/mol. The third kappa shape index (κ3) is 1.02. The summed E-state index contributed by atoms with van der Waals surface area (Å²) in [7, 11) is 0. The van der Waals surface area contributed by atoms with E-state index in [1.807, 2.05) is 0 Å². The molecule has 20 heavy (non-hydrogen) atoms. The Morgan fingerprint density at radius 3 is 2.45 bits per heavy atom. The smallest absolute Gasteiger partial charge is 0.312 e. The van der Waals surface area contributed by atoms with E-state index in [2.05, 4.69) is 0 Å². The van der Waals surface area contributed by atoms with Gasteiger partial charge in [0.2, 0.25) is 0 Å². The number of rotatable bonds is 2. The highest BCUT2D eigenvalue weighted by molar-refractivity contribution is 5.78. The summed E-state index contributed by atoms with van der Waals surface area (Å²) in [5.74, 6) is 1.73. The van der Waals surface area contributed by atoms with Crippen molar-refractivity contribution in [3.05, 3.63) is 0 Å². The molecular formula is C15H22O5. The average Bonchev–Trinajstić information content (AvgIpc) is 2.75. The summed E-state index contributed by atoms with van der Waals surface area (Å²) in [4.78, 5) is 12.1. The fourth-order valence-corrected chi connectivity index (χ4v) is 6.79. The molecule has 5 saturated carbocycles. The van der Waals surface area contributed by atoms with Crippen molar-refractivity contribution in [1.29, 1.82) is 0 Å². The fourth-order valence-electron chi connectivity index (χ4n) is 6.79. The minimum absolute atomic E-state index is 0. The van der Waals surface area contributed by atoms with Crippen LogP contribution in [0, 0.1) is 29.1 Å². The molecule has 7 atom stereocenters. The van der Waals surface area contributed by atoms with Gasteiger partial charge in [0, 0.05) is 0 Å². The molecule has 1 aliphatic heterocycles. The molecule has 5 nitrogen and oxygen atoms in total. The maximum atomic E-state index is 12.1. The van der Waals surface area contributed by atoms with Crippen molar-refractivity contribution in [2.75, 3.05) is 6.61 Å². The van der Waals surface area contributed by atoms with Gasteiger partial charge in [0.15, 0.2) is 0 Å². The SMILES string of the molecule is O.O=C(O)[C@]12CCC[C@](CO)(C1)O[C@]21C2C[C@@H]3C1[C@@H]3C2. The summed E-state index contributed by atoms with van der Waals surface area (Å²) in [5, 5.41) is 19.8. The Bertz CT molecular complexity index is 477. The van der Waals surface area contributed by atoms with Gasteiger partial charge in [-0.05, 0) is 62.2 Å². The molecule has 1 saturated heterocycles. The van der Waals surface area contributed by atoms with E-state index in [1.165, 1.54) is 12.8 Å². The maximum absolute atomic E-state index is 12.1. The highest BCUT2D eigenvalue weighted by atomic mass is 16.6. The summed E-state index contributed by atoms with van der Waals surface area (Å²) < 4.78 is 6.51. The normalized spacial score (nSPS) is 60.6. The van der Waals surface area contributed by atoms with Crippen molar-refractivity contribution in [2.45, 2.75) is 49.7 Å². The van der Waals surface area contributed by atoms with Crippen LogP contribution >= 0.6 is 0 Å². The molecule has 2 unspecified atom stereocenters. The first-order valence-electron chi connectivity index (χ1n) is 7.63. The van der Waals surface area contributed by atoms with Crippen molar-refractivity contribution in [3.63, 3.8) is 0 Å². The molecule has 6 fully saturated rings. The number of aliphatic carboxylic acids is 1. The van der Waals surface area contributed by atoms with Crippen molar-refractivity contribution in [2.24, 2.45) is 29.1 Å². The second-order valence-electron chi connectivity index (χ2n) is 7.68. The second kappa shape index (κ2) is 3.39. The molecule has 0 aromatic rings. The van der Waals surface area contributed by atoms with E-state index in [-0.39, 0.29) is 12.1 Å². The van der Waals surface area contributed by atoms with Gasteiger partial charge in [0.25, 0.3) is 0 Å². The van der Waals surface area contributed by atoms with Crippen LogP contribution in [-0.2, 0) is 9.53 Å². The van der Waals surface area contributed by atoms with E-state index in [0.29, 0.717) is 18.3 Å². The zero-order valence-electron chi connectivity index (χ0n) is 11.5. The first kappa shape index (κ1) is 13.0. The van der Waals surface area contributed by atoms with Gasteiger partial charge in [0.05, 0.1) is 17.8 Å². The number of aliphatic hydroxyl groups excluding tert-OH is 1. The first-order valence-corrected chi connectivity index (χ1v) is 7.63. The van der Waals surface area contributed by atoms with Gasteiger partial charge < -0.3 is 20.4 Å². The molecule has 6 aliphatic rings. The summed E-state index contributed by atoms with van der Waals surface area (Å²) in [6.45, 7) is -0.0153. The van der Waals surface area contributed by atoms with E-state index in [9.17, 15) is 15.0 Å². The van der Waals surface area contributed by atoms with Crippen LogP contribution in [0.25, 0.3) is 0 Å². The number of ether oxygens (including phenoxy) is 1. The van der Waals surface area contributed by atoms with E-state index in [4.69, 9.17) is 4.74 Å². The van der Waals surface area contributed by atoms with Crippen LogP contribution in [0.5, 0.6) is 0 Å². The molecule has 1 spiro atoms. The highest BCUT2D eigenvalue weighted by Crippen LogP contribution is 2.83. The number of fused-ring (bicyclic) bond motifs is 2. The lowest BCUT2D eigenvalue weighted by molar-refractivity contribution is -0.177. The van der Waals surface area contributed by atoms with E-state index < -0.39 is 22.6 Å². The van der Waals surface area contributed by atoms with Crippen LogP contribution in [0.15, 0.2) is 0 Å². The summed E-state index contributed by atoms with van der Waals surface area (Å²) in [5.41, 5.74) is -1.68. The minimum Gasteiger partial charge on any atom is -0.481 e. The molecule has 0 radical (unpaired) electrons. The van der Waals surface area contributed by atoms with Gasteiger partial charge >= 0.3 is 5.97 Å². The molecule has 4 N–H and O–H groups in total. The molecule has 0 amide bonds. The summed E-state index contributed by atoms with van der Waals surface area (Å²) in [6.07, 6.45) is 5.34. The van der Waals surface area contributed by atoms with Crippen LogP contribution in [0.1, 0.15) is 38.5 Å². The minimum atomic E-state index is -0.705. The molecule has 6 rings (SSSR count). The van der Waals surface area contributed by atoms with Crippen molar-refractivity contribution < 1.29 is 25.2 Å². The maximum Gasteiger partial charge on any atom is 0.312 e. The molecule has 0 aromatic heterocycles. The molecule has 112 valence electrons. The number of carbonyl (C=O) groups is 1. The number of carboxylic acid groups (broad SMARTS) is 1. The third-order valence-electron chi connectivity index (χ3n) is 7.24. The van der Waals surface area contributed by atoms with Crippen molar-refractivity contribution in [3.8, 4) is 0 Å². The Morgan fingerprint density at radius 1 is 1.25 bits per heavy atom. The van der Waals surface area contributed by atoms with E-state index in [1.54, 1.807) is 0 Å². The molecule has 5 heteroatoms. The van der Waals surface area contributed by atoms with Gasteiger partial charge in [-0.3, -0.25) is 4.79 Å². The Balaban J connectivity index is 0.00000106. The topological polar surface area (TPSA) is 98.3 Å². The van der Waals surface area contributed by atoms with Crippen LogP contribution in [0.2, 0.25) is 0 Å². The average molecular weight is 282 g/mol. The lowest BCUT2D eigenvalue weighted by Crippen LogP contribution is -2.53. The van der Waals surface area contributed by atoms with Crippen molar-refractivity contribution in [1.82, 2.24) is 0 Å². The molecule has 1 heterocycles. The highest BCUT2D eigenvalue weighted by Gasteiger charge is 2.86. The van der Waals surface area contributed by atoms with Gasteiger partial charge in [-0.1, -0.05) is 0 Å². The summed E-state index contributed by atoms with van der Waals surface area (Å²) in [6, 6.07) is 0. The quantitative estimate of drug-likeness (QED) is 0.774. The number of hydrogen-bond acceptors (Lipinski definition) is 3. The number of aliphatic hydroxyl groups is 1. The monoisotopic (exact) mass is 282 g/mol. The Labute approximate surface area is 117 Å². The molecule has 6 bridgehead atoms. The van der Waals surface area contributed by atoms with Crippen LogP contribution < -0.4 is 0 Å². The van der Waals surface area contributed by atoms with Gasteiger partial charge in [0.1, 0.15) is 5.41 Å². The Hall–Kier alpha value is -0.650. The largest absolute Gasteiger partial charge is 0.481 e. The van der Waals surface area contributed by atoms with E-state index >= 15 is 0 Å². The van der Waals surface area contributed by atoms with Crippen LogP contribution in [0.3, 0.4) is 0 Å². The van der Waals surface area contributed by atoms with Gasteiger partial charge in [-0.25, -0.2) is 0 Å². The van der Waals surface area contributed by atoms with Gasteiger partial charge in [-0.15, -0.1) is 0 Å². The van der Waals surface area contributed by atoms with Crippen molar-refractivity contribution >= 4 is 5.97 Å². The molecule has 0 aromatic carbocycles. The standard InChI is InChI=1S/C15H20O4.H2O/c16-7-13-2-1-3-14(6-13,12(17)18)15(19-13)8-4-9-10(5-8)11(9)15;/h8-11,16H,1-7H2,(H,17,18);1H2/t8?,9-,10+,11?,13-,14+,15+;/m1./s1. The molecular weight excluding hydrogens is 260 g/mol. The van der Waals surface area contributed by atoms with Crippen LogP contribution in [-0.4, -0.2) is 39.5 Å². The zero-order valence-corrected chi connectivity index (χ0v) is 11.5. The van der Waals surface area contributed by atoms with Crippen LogP contribution in [0.4, 0.5) is 0 Å². The Morgan fingerprint density at radius 2 is 1.95 bits per heavy atom. The third-order valence-corrected chi connectivity index (χ3v) is 7.24. The lowest BCUT2D eigenvalue weighted by atomic mass is 9.60. The fraction of sp³-hybridized carbons (Fsp3) is 0.933. The first-order chi connectivity index (χ1) is 9.09. The summed E-state index contributed by atoms with van der Waals surface area (Å²) >= 11 is 0. The predicted octanol–water partition coefficient (Wildman–Crippen LogP) is 0.593. The second-order valence-corrected chi connectivity index (χ2v) is 7.68. The number of hydrogen-bond donors (Lipinski definition) is 2. The van der Waals surface area contributed by atoms with E-state index in [0.717, 1.165) is 31.1 Å².